The molecule has 1 amide bonds. The predicted molar refractivity (Wildman–Crippen MR) is 85.8 cm³/mol. The second-order valence-corrected chi connectivity index (χ2v) is 6.92. The van der Waals surface area contributed by atoms with Crippen molar-refractivity contribution in [2.45, 2.75) is 31.2 Å². The Labute approximate surface area is 139 Å². The molecule has 1 N–H and O–H groups in total. The van der Waals surface area contributed by atoms with Gasteiger partial charge in [0.25, 0.3) is 12.3 Å². The average Bonchev–Trinajstić information content (AvgIpc) is 2.77. The smallest absolute Gasteiger partial charge is 0.287 e. The SMILES string of the molecule is CC1=NN(C(=O)CSCc2ccc(Br)cc2)[C@](O)(C(F)F)C1. The quantitative estimate of drug-likeness (QED) is 0.836. The molecular weight excluding hydrogens is 378 g/mol. The zero-order valence-electron chi connectivity index (χ0n) is 11.8. The number of hydrogen-bond donors (Lipinski definition) is 1. The Bertz CT molecular complexity index is 583. The molecular formula is C14H15BrF2N2O2S. The minimum atomic E-state index is -3.06. The van der Waals surface area contributed by atoms with Crippen LogP contribution in [0.15, 0.2) is 33.8 Å². The maximum atomic E-state index is 13.0. The summed E-state index contributed by atoms with van der Waals surface area (Å²) in [6.07, 6.45) is -3.39. The first kappa shape index (κ1) is 17.4. The lowest BCUT2D eigenvalue weighted by Gasteiger charge is -2.29. The van der Waals surface area contributed by atoms with Gasteiger partial charge in [0.15, 0.2) is 0 Å². The van der Waals surface area contributed by atoms with Crippen molar-refractivity contribution in [3.05, 3.63) is 34.3 Å². The molecule has 8 heteroatoms. The van der Waals surface area contributed by atoms with Crippen LogP contribution < -0.4 is 0 Å². The molecule has 2 rings (SSSR count). The van der Waals surface area contributed by atoms with Crippen LogP contribution in [0, 0.1) is 0 Å². The summed E-state index contributed by atoms with van der Waals surface area (Å²) >= 11 is 4.62. The number of amides is 1. The molecule has 1 heterocycles. The average molecular weight is 393 g/mol. The van der Waals surface area contributed by atoms with Crippen molar-refractivity contribution in [1.82, 2.24) is 5.01 Å². The Morgan fingerprint density at radius 1 is 1.50 bits per heavy atom. The van der Waals surface area contributed by atoms with Crippen LogP contribution in [0.5, 0.6) is 0 Å². The molecule has 0 aliphatic carbocycles. The highest BCUT2D eigenvalue weighted by Crippen LogP contribution is 2.32. The van der Waals surface area contributed by atoms with Crippen molar-refractivity contribution in [3.8, 4) is 0 Å². The van der Waals surface area contributed by atoms with Crippen molar-refractivity contribution < 1.29 is 18.7 Å². The number of alkyl halides is 2. The molecule has 1 aliphatic heterocycles. The van der Waals surface area contributed by atoms with Crippen molar-refractivity contribution in [2.24, 2.45) is 5.10 Å². The minimum absolute atomic E-state index is 0.0259. The molecule has 1 atom stereocenters. The lowest BCUT2D eigenvalue weighted by atomic mass is 10.1. The summed E-state index contributed by atoms with van der Waals surface area (Å²) < 4.78 is 27.0. The third kappa shape index (κ3) is 3.85. The fourth-order valence-corrected chi connectivity index (χ4v) is 3.17. The van der Waals surface area contributed by atoms with Crippen molar-refractivity contribution in [2.75, 3.05) is 5.75 Å². The molecule has 0 bridgehead atoms. The van der Waals surface area contributed by atoms with E-state index in [0.717, 1.165) is 10.0 Å². The van der Waals surface area contributed by atoms with Gasteiger partial charge in [0.1, 0.15) is 0 Å². The van der Waals surface area contributed by atoms with Gasteiger partial charge < -0.3 is 5.11 Å². The van der Waals surface area contributed by atoms with Gasteiger partial charge in [-0.2, -0.15) is 10.1 Å². The van der Waals surface area contributed by atoms with E-state index in [4.69, 9.17) is 0 Å². The molecule has 0 aromatic heterocycles. The summed E-state index contributed by atoms with van der Waals surface area (Å²) in [5, 5.41) is 14.2. The first-order valence-corrected chi connectivity index (χ1v) is 8.47. The number of hydrogen-bond acceptors (Lipinski definition) is 4. The summed E-state index contributed by atoms with van der Waals surface area (Å²) in [6.45, 7) is 1.51. The lowest BCUT2D eigenvalue weighted by molar-refractivity contribution is -0.190. The predicted octanol–water partition coefficient (Wildman–Crippen LogP) is 3.24. The van der Waals surface area contributed by atoms with E-state index in [1.807, 2.05) is 24.3 Å². The summed E-state index contributed by atoms with van der Waals surface area (Å²) in [6, 6.07) is 7.60. The van der Waals surface area contributed by atoms with Crippen LogP contribution in [0.1, 0.15) is 18.9 Å². The van der Waals surface area contributed by atoms with Gasteiger partial charge in [-0.3, -0.25) is 4.79 Å². The highest BCUT2D eigenvalue weighted by molar-refractivity contribution is 9.10. The Hall–Kier alpha value is -0.990. The molecule has 1 aliphatic rings. The zero-order chi connectivity index (χ0) is 16.3. The van der Waals surface area contributed by atoms with E-state index in [-0.39, 0.29) is 12.2 Å². The van der Waals surface area contributed by atoms with Gasteiger partial charge in [-0.25, -0.2) is 8.78 Å². The van der Waals surface area contributed by atoms with Gasteiger partial charge in [-0.05, 0) is 24.6 Å². The van der Waals surface area contributed by atoms with Crippen LogP contribution >= 0.6 is 27.7 Å². The van der Waals surface area contributed by atoms with E-state index in [1.54, 1.807) is 0 Å². The van der Waals surface area contributed by atoms with Crippen molar-refractivity contribution in [1.29, 1.82) is 0 Å². The van der Waals surface area contributed by atoms with Gasteiger partial charge in [0.05, 0.1) is 5.75 Å². The highest BCUT2D eigenvalue weighted by atomic mass is 79.9. The number of halogens is 3. The first-order chi connectivity index (χ1) is 10.3. The van der Waals surface area contributed by atoms with E-state index in [2.05, 4.69) is 21.0 Å². The van der Waals surface area contributed by atoms with Crippen LogP contribution in [0.4, 0.5) is 8.78 Å². The Kier molecular flexibility index (Phi) is 5.57. The topological polar surface area (TPSA) is 52.9 Å². The summed E-state index contributed by atoms with van der Waals surface area (Å²) in [5.74, 6) is -0.0772. The van der Waals surface area contributed by atoms with Crippen molar-refractivity contribution >= 4 is 39.3 Å². The molecule has 0 saturated carbocycles. The van der Waals surface area contributed by atoms with E-state index < -0.39 is 18.1 Å². The third-order valence-electron chi connectivity index (χ3n) is 3.15. The number of carbonyl (C=O) groups excluding carboxylic acids is 1. The monoisotopic (exact) mass is 392 g/mol. The van der Waals surface area contributed by atoms with Gasteiger partial charge in [0.2, 0.25) is 5.72 Å². The molecule has 0 radical (unpaired) electrons. The molecule has 22 heavy (non-hydrogen) atoms. The van der Waals surface area contributed by atoms with Gasteiger partial charge in [0, 0.05) is 22.4 Å². The largest absolute Gasteiger partial charge is 0.364 e. The molecule has 0 unspecified atom stereocenters. The standard InChI is InChI=1S/C14H15BrF2N2O2S/c1-9-6-14(21,13(16)17)19(18-9)12(20)8-22-7-10-2-4-11(15)5-3-10/h2-5,13,21H,6-8H2,1H3/t14-/m1/s1. The first-order valence-electron chi connectivity index (χ1n) is 6.53. The van der Waals surface area contributed by atoms with E-state index in [1.165, 1.54) is 18.7 Å². The number of carbonyl (C=O) groups is 1. The molecule has 1 aromatic rings. The number of nitrogens with zero attached hydrogens (tertiary/aromatic N) is 2. The normalized spacial score (nSPS) is 21.4. The van der Waals surface area contributed by atoms with Gasteiger partial charge in [-0.15, -0.1) is 11.8 Å². The fourth-order valence-electron chi connectivity index (χ4n) is 2.08. The van der Waals surface area contributed by atoms with Crippen LogP contribution in [0.25, 0.3) is 0 Å². The number of rotatable bonds is 5. The number of benzene rings is 1. The summed E-state index contributed by atoms with van der Waals surface area (Å²) in [5.41, 5.74) is -1.18. The Balaban J connectivity index is 1.92. The second-order valence-electron chi connectivity index (χ2n) is 5.02. The van der Waals surface area contributed by atoms with Crippen LogP contribution in [0.2, 0.25) is 0 Å². The Morgan fingerprint density at radius 3 is 2.73 bits per heavy atom. The summed E-state index contributed by atoms with van der Waals surface area (Å²) in [7, 11) is 0. The van der Waals surface area contributed by atoms with Crippen LogP contribution in [-0.4, -0.2) is 39.6 Å². The molecule has 120 valence electrons. The van der Waals surface area contributed by atoms with E-state index >= 15 is 0 Å². The molecule has 1 aromatic carbocycles. The van der Waals surface area contributed by atoms with Gasteiger partial charge >= 0.3 is 0 Å². The minimum Gasteiger partial charge on any atom is -0.364 e. The molecule has 0 spiro atoms. The summed E-state index contributed by atoms with van der Waals surface area (Å²) in [4.78, 5) is 12.1. The maximum absolute atomic E-state index is 13.0. The third-order valence-corrected chi connectivity index (χ3v) is 4.66. The molecule has 0 fully saturated rings. The van der Waals surface area contributed by atoms with E-state index in [9.17, 15) is 18.7 Å². The lowest BCUT2D eigenvalue weighted by Crippen LogP contribution is -2.52. The zero-order valence-corrected chi connectivity index (χ0v) is 14.2. The number of aliphatic hydroxyl groups is 1. The molecule has 4 nitrogen and oxygen atoms in total. The van der Waals surface area contributed by atoms with Crippen LogP contribution in [-0.2, 0) is 10.5 Å². The highest BCUT2D eigenvalue weighted by Gasteiger charge is 2.50. The van der Waals surface area contributed by atoms with Gasteiger partial charge in [-0.1, -0.05) is 28.1 Å². The number of hydrazone groups is 1. The second kappa shape index (κ2) is 7.06. The number of thioether (sulfide) groups is 1. The van der Waals surface area contributed by atoms with Crippen LogP contribution in [0.3, 0.4) is 0 Å². The van der Waals surface area contributed by atoms with E-state index in [0.29, 0.717) is 16.5 Å². The molecule has 0 saturated heterocycles. The Morgan fingerprint density at radius 2 is 2.14 bits per heavy atom. The fraction of sp³-hybridized carbons (Fsp3) is 0.429. The maximum Gasteiger partial charge on any atom is 0.287 e. The van der Waals surface area contributed by atoms with Crippen molar-refractivity contribution in [3.63, 3.8) is 0 Å².